The van der Waals surface area contributed by atoms with Gasteiger partial charge in [-0.15, -0.1) is 0 Å². The van der Waals surface area contributed by atoms with E-state index in [1.165, 1.54) is 36.4 Å². The van der Waals surface area contributed by atoms with E-state index in [2.05, 4.69) is 0 Å². The van der Waals surface area contributed by atoms with Gasteiger partial charge in [0.1, 0.15) is 0 Å². The van der Waals surface area contributed by atoms with Crippen LogP contribution in [0.1, 0.15) is 11.1 Å². The average Bonchev–Trinajstić information content (AvgIpc) is 2.47. The van der Waals surface area contributed by atoms with Gasteiger partial charge < -0.3 is 0 Å². The third kappa shape index (κ3) is 4.36. The predicted octanol–water partition coefficient (Wildman–Crippen LogP) is 1.95. The first-order chi connectivity index (χ1) is 10.8. The Bertz CT molecular complexity index is 844. The van der Waals surface area contributed by atoms with Gasteiger partial charge in [-0.1, -0.05) is 29.8 Å². The maximum absolute atomic E-state index is 12.1. The second-order valence-electron chi connectivity index (χ2n) is 4.95. The smallest absolute Gasteiger partial charge is 0.269 e. The summed E-state index contributed by atoms with van der Waals surface area (Å²) in [6.07, 6.45) is -0.271. The highest BCUT2D eigenvalue weighted by molar-refractivity contribution is 7.90. The van der Waals surface area contributed by atoms with E-state index in [0.29, 0.717) is 5.56 Å². The lowest BCUT2D eigenvalue weighted by molar-refractivity contribution is -0.384. The Labute approximate surface area is 133 Å². The van der Waals surface area contributed by atoms with Gasteiger partial charge in [-0.3, -0.25) is 14.9 Å². The lowest BCUT2D eigenvalue weighted by atomic mass is 10.1. The molecule has 0 unspecified atom stereocenters. The fourth-order valence-electron chi connectivity index (χ4n) is 1.93. The number of carbonyl (C=O) groups excluding carboxylic acids is 1. The third-order valence-corrected chi connectivity index (χ3v) is 4.45. The first-order valence-corrected chi connectivity index (χ1v) is 8.12. The number of nitro benzene ring substituents is 1. The number of non-ortho nitro benzene ring substituents is 1. The highest BCUT2D eigenvalue weighted by atomic mass is 32.2. The van der Waals surface area contributed by atoms with Crippen LogP contribution in [0, 0.1) is 17.0 Å². The highest BCUT2D eigenvalue weighted by Gasteiger charge is 2.18. The van der Waals surface area contributed by atoms with E-state index in [0.717, 1.165) is 5.56 Å². The zero-order chi connectivity index (χ0) is 17.0. The molecule has 0 atom stereocenters. The normalized spacial score (nSPS) is 11.0. The van der Waals surface area contributed by atoms with E-state index in [1.807, 2.05) is 11.6 Å². The van der Waals surface area contributed by atoms with E-state index in [1.54, 1.807) is 12.1 Å². The van der Waals surface area contributed by atoms with Gasteiger partial charge in [0.15, 0.2) is 0 Å². The molecule has 0 saturated carbocycles. The molecule has 0 aromatic heterocycles. The SMILES string of the molecule is Cc1ccc(S(=O)(=O)NC(=O)Cc2cccc([N+](=O)[O-])c2)cc1. The molecular weight excluding hydrogens is 320 g/mol. The lowest BCUT2D eigenvalue weighted by Gasteiger charge is -2.07. The number of hydrogen-bond acceptors (Lipinski definition) is 5. The third-order valence-electron chi connectivity index (χ3n) is 3.07. The molecule has 0 fully saturated rings. The predicted molar refractivity (Wildman–Crippen MR) is 83.3 cm³/mol. The summed E-state index contributed by atoms with van der Waals surface area (Å²) in [6, 6.07) is 11.5. The van der Waals surface area contributed by atoms with Gasteiger partial charge in [-0.2, -0.15) is 0 Å². The summed E-state index contributed by atoms with van der Waals surface area (Å²) in [5.74, 6) is -0.758. The van der Waals surface area contributed by atoms with Crippen LogP contribution in [0.4, 0.5) is 5.69 Å². The van der Waals surface area contributed by atoms with Crippen LogP contribution in [0.25, 0.3) is 0 Å². The Hall–Kier alpha value is -2.74. The van der Waals surface area contributed by atoms with E-state index in [4.69, 9.17) is 0 Å². The maximum atomic E-state index is 12.1. The molecule has 7 nitrogen and oxygen atoms in total. The average molecular weight is 334 g/mol. The Morgan fingerprint density at radius 1 is 1.17 bits per heavy atom. The number of nitro groups is 1. The van der Waals surface area contributed by atoms with Crippen LogP contribution in [0.2, 0.25) is 0 Å². The Kier molecular flexibility index (Phi) is 4.75. The molecule has 8 heteroatoms. The van der Waals surface area contributed by atoms with Crippen LogP contribution in [0.15, 0.2) is 53.4 Å². The van der Waals surface area contributed by atoms with Crippen LogP contribution >= 0.6 is 0 Å². The van der Waals surface area contributed by atoms with Crippen molar-refractivity contribution in [3.05, 3.63) is 69.8 Å². The summed E-state index contributed by atoms with van der Waals surface area (Å²) in [6.45, 7) is 1.82. The molecule has 0 bridgehead atoms. The molecular formula is C15H14N2O5S. The molecule has 1 N–H and O–H groups in total. The molecule has 0 saturated heterocycles. The zero-order valence-corrected chi connectivity index (χ0v) is 13.0. The Morgan fingerprint density at radius 2 is 1.83 bits per heavy atom. The van der Waals surface area contributed by atoms with Gasteiger partial charge in [0.25, 0.3) is 15.7 Å². The molecule has 0 spiro atoms. The van der Waals surface area contributed by atoms with Crippen molar-refractivity contribution in [3.63, 3.8) is 0 Å². The van der Waals surface area contributed by atoms with E-state index in [9.17, 15) is 23.3 Å². The summed E-state index contributed by atoms with van der Waals surface area (Å²) >= 11 is 0. The van der Waals surface area contributed by atoms with E-state index < -0.39 is 20.9 Å². The van der Waals surface area contributed by atoms with Crippen molar-refractivity contribution in [1.29, 1.82) is 0 Å². The molecule has 0 aliphatic carbocycles. The van der Waals surface area contributed by atoms with Gasteiger partial charge in [0.05, 0.1) is 16.2 Å². The van der Waals surface area contributed by atoms with Crippen LogP contribution in [-0.2, 0) is 21.2 Å². The lowest BCUT2D eigenvalue weighted by Crippen LogP contribution is -2.31. The van der Waals surface area contributed by atoms with Crippen molar-refractivity contribution in [2.75, 3.05) is 0 Å². The molecule has 2 aromatic rings. The van der Waals surface area contributed by atoms with Gasteiger partial charge in [0, 0.05) is 12.1 Å². The van der Waals surface area contributed by atoms with Crippen molar-refractivity contribution in [2.45, 2.75) is 18.2 Å². The minimum atomic E-state index is -3.96. The molecule has 1 amide bonds. The number of amides is 1. The minimum Gasteiger partial charge on any atom is -0.274 e. The van der Waals surface area contributed by atoms with Crippen molar-refractivity contribution in [2.24, 2.45) is 0 Å². The van der Waals surface area contributed by atoms with E-state index >= 15 is 0 Å². The topological polar surface area (TPSA) is 106 Å². The summed E-state index contributed by atoms with van der Waals surface area (Å²) in [7, 11) is -3.96. The number of aryl methyl sites for hydroxylation is 1. The standard InChI is InChI=1S/C15H14N2O5S/c1-11-5-7-14(8-6-11)23(21,22)16-15(18)10-12-3-2-4-13(9-12)17(19)20/h2-9H,10H2,1H3,(H,16,18). The first kappa shape index (κ1) is 16.6. The molecule has 0 heterocycles. The molecule has 23 heavy (non-hydrogen) atoms. The monoisotopic (exact) mass is 334 g/mol. The van der Waals surface area contributed by atoms with Crippen molar-refractivity contribution in [1.82, 2.24) is 4.72 Å². The fourth-order valence-corrected chi connectivity index (χ4v) is 2.91. The highest BCUT2D eigenvalue weighted by Crippen LogP contribution is 2.14. The fraction of sp³-hybridized carbons (Fsp3) is 0.133. The molecule has 0 aliphatic heterocycles. The number of hydrogen-bond donors (Lipinski definition) is 1. The number of sulfonamides is 1. The summed E-state index contributed by atoms with van der Waals surface area (Å²) in [5, 5.41) is 10.7. The number of nitrogens with zero attached hydrogens (tertiary/aromatic N) is 1. The summed E-state index contributed by atoms with van der Waals surface area (Å²) < 4.78 is 26.1. The molecule has 0 aliphatic rings. The number of carbonyl (C=O) groups is 1. The van der Waals surface area contributed by atoms with Crippen LogP contribution in [0.3, 0.4) is 0 Å². The number of rotatable bonds is 5. The Balaban J connectivity index is 2.11. The van der Waals surface area contributed by atoms with Crippen molar-refractivity contribution >= 4 is 21.6 Å². The second kappa shape index (κ2) is 6.57. The summed E-state index contributed by atoms with van der Waals surface area (Å²) in [5.41, 5.74) is 1.10. The first-order valence-electron chi connectivity index (χ1n) is 6.63. The Morgan fingerprint density at radius 3 is 2.43 bits per heavy atom. The second-order valence-corrected chi connectivity index (χ2v) is 6.63. The van der Waals surface area contributed by atoms with Gasteiger partial charge >= 0.3 is 0 Å². The molecule has 120 valence electrons. The van der Waals surface area contributed by atoms with Gasteiger partial charge in [0.2, 0.25) is 5.91 Å². The van der Waals surface area contributed by atoms with Crippen molar-refractivity contribution < 1.29 is 18.1 Å². The zero-order valence-electron chi connectivity index (χ0n) is 12.2. The maximum Gasteiger partial charge on any atom is 0.269 e. The molecule has 2 aromatic carbocycles. The van der Waals surface area contributed by atoms with Gasteiger partial charge in [-0.05, 0) is 24.6 Å². The van der Waals surface area contributed by atoms with Crippen LogP contribution in [0.5, 0.6) is 0 Å². The largest absolute Gasteiger partial charge is 0.274 e. The molecule has 0 radical (unpaired) electrons. The number of nitrogens with one attached hydrogen (secondary N) is 1. The summed E-state index contributed by atoms with van der Waals surface area (Å²) in [4.78, 5) is 22.0. The van der Waals surface area contributed by atoms with Crippen LogP contribution in [-0.4, -0.2) is 19.2 Å². The van der Waals surface area contributed by atoms with Crippen molar-refractivity contribution in [3.8, 4) is 0 Å². The van der Waals surface area contributed by atoms with E-state index in [-0.39, 0.29) is 17.0 Å². The molecule has 2 rings (SSSR count). The minimum absolute atomic E-state index is 0.0181. The number of benzene rings is 2. The van der Waals surface area contributed by atoms with Crippen LogP contribution < -0.4 is 4.72 Å². The quantitative estimate of drug-likeness (QED) is 0.664. The van der Waals surface area contributed by atoms with Gasteiger partial charge in [-0.25, -0.2) is 13.1 Å².